The van der Waals surface area contributed by atoms with Gasteiger partial charge in [0.2, 0.25) is 5.91 Å². The van der Waals surface area contributed by atoms with Crippen LogP contribution in [0.4, 0.5) is 0 Å². The first-order valence-electron chi connectivity index (χ1n) is 6.13. The average molecular weight is 258 g/mol. The van der Waals surface area contributed by atoms with Crippen LogP contribution in [0.2, 0.25) is 0 Å². The van der Waals surface area contributed by atoms with Crippen molar-refractivity contribution >= 4 is 23.1 Å². The minimum atomic E-state index is -0.622. The van der Waals surface area contributed by atoms with Gasteiger partial charge in [-0.05, 0) is 26.2 Å². The van der Waals surface area contributed by atoms with Gasteiger partial charge < -0.3 is 15.7 Å². The van der Waals surface area contributed by atoms with E-state index in [-0.39, 0.29) is 5.91 Å². The van der Waals surface area contributed by atoms with E-state index >= 15 is 0 Å². The standard InChI is InChI=1S/C12H22N2O2S/c1-9(15)5-8-14(2)11(16)12(10(13)17)6-3-4-7-12/h9,15H,3-8H2,1-2H3,(H2,13,17). The average Bonchev–Trinajstić information content (AvgIpc) is 2.74. The number of carbonyl (C=O) groups excluding carboxylic acids is 1. The van der Waals surface area contributed by atoms with Crippen molar-refractivity contribution in [1.82, 2.24) is 4.90 Å². The van der Waals surface area contributed by atoms with Crippen LogP contribution in [0.3, 0.4) is 0 Å². The maximum atomic E-state index is 12.4. The van der Waals surface area contributed by atoms with Crippen molar-refractivity contribution in [2.45, 2.75) is 45.1 Å². The zero-order chi connectivity index (χ0) is 13.1. The molecule has 0 spiro atoms. The van der Waals surface area contributed by atoms with Crippen molar-refractivity contribution in [3.05, 3.63) is 0 Å². The zero-order valence-electron chi connectivity index (χ0n) is 10.6. The summed E-state index contributed by atoms with van der Waals surface area (Å²) in [7, 11) is 1.75. The molecule has 5 heteroatoms. The number of aliphatic hydroxyl groups excluding tert-OH is 1. The van der Waals surface area contributed by atoms with E-state index in [4.69, 9.17) is 18.0 Å². The molecule has 98 valence electrons. The Morgan fingerprint density at radius 1 is 1.53 bits per heavy atom. The number of amides is 1. The fourth-order valence-corrected chi connectivity index (χ4v) is 2.68. The molecule has 1 aliphatic carbocycles. The van der Waals surface area contributed by atoms with Gasteiger partial charge in [0.15, 0.2) is 0 Å². The molecule has 0 heterocycles. The van der Waals surface area contributed by atoms with Crippen LogP contribution in [0.15, 0.2) is 0 Å². The molecule has 1 atom stereocenters. The van der Waals surface area contributed by atoms with E-state index in [2.05, 4.69) is 0 Å². The minimum Gasteiger partial charge on any atom is -0.393 e. The van der Waals surface area contributed by atoms with E-state index in [0.717, 1.165) is 25.7 Å². The van der Waals surface area contributed by atoms with Gasteiger partial charge in [-0.3, -0.25) is 4.79 Å². The van der Waals surface area contributed by atoms with Crippen molar-refractivity contribution in [2.75, 3.05) is 13.6 Å². The molecule has 0 radical (unpaired) electrons. The quantitative estimate of drug-likeness (QED) is 0.724. The number of nitrogens with zero attached hydrogens (tertiary/aromatic N) is 1. The van der Waals surface area contributed by atoms with E-state index in [9.17, 15) is 9.90 Å². The first-order valence-corrected chi connectivity index (χ1v) is 6.54. The molecule has 0 aliphatic heterocycles. The van der Waals surface area contributed by atoms with Gasteiger partial charge in [-0.15, -0.1) is 0 Å². The number of hydrogen-bond acceptors (Lipinski definition) is 3. The first kappa shape index (κ1) is 14.4. The SMILES string of the molecule is CC(O)CCN(C)C(=O)C1(C(N)=S)CCCC1. The molecule has 1 saturated carbocycles. The van der Waals surface area contributed by atoms with Gasteiger partial charge in [-0.1, -0.05) is 25.1 Å². The molecule has 0 saturated heterocycles. The van der Waals surface area contributed by atoms with Crippen LogP contribution in [0.1, 0.15) is 39.0 Å². The third kappa shape index (κ3) is 3.16. The molecule has 0 aromatic carbocycles. The van der Waals surface area contributed by atoms with Gasteiger partial charge in [0.05, 0.1) is 16.5 Å². The lowest BCUT2D eigenvalue weighted by Crippen LogP contribution is -2.48. The maximum absolute atomic E-state index is 12.4. The number of nitrogens with two attached hydrogens (primary N) is 1. The monoisotopic (exact) mass is 258 g/mol. The Labute approximate surface area is 108 Å². The first-order chi connectivity index (χ1) is 7.90. The van der Waals surface area contributed by atoms with Gasteiger partial charge in [-0.25, -0.2) is 0 Å². The van der Waals surface area contributed by atoms with Crippen molar-refractivity contribution in [2.24, 2.45) is 11.1 Å². The third-order valence-corrected chi connectivity index (χ3v) is 3.96. The summed E-state index contributed by atoms with van der Waals surface area (Å²) < 4.78 is 0. The summed E-state index contributed by atoms with van der Waals surface area (Å²) in [6.45, 7) is 2.26. The van der Waals surface area contributed by atoms with Gasteiger partial charge in [0, 0.05) is 13.6 Å². The molecular weight excluding hydrogens is 236 g/mol. The van der Waals surface area contributed by atoms with Crippen LogP contribution in [-0.2, 0) is 4.79 Å². The molecular formula is C12H22N2O2S. The molecule has 0 aromatic rings. The highest BCUT2D eigenvalue weighted by atomic mass is 32.1. The van der Waals surface area contributed by atoms with Crippen LogP contribution >= 0.6 is 12.2 Å². The second-order valence-electron chi connectivity index (χ2n) is 5.02. The van der Waals surface area contributed by atoms with Crippen molar-refractivity contribution < 1.29 is 9.90 Å². The fourth-order valence-electron chi connectivity index (χ4n) is 2.39. The van der Waals surface area contributed by atoms with E-state index < -0.39 is 11.5 Å². The van der Waals surface area contributed by atoms with Crippen LogP contribution in [0.5, 0.6) is 0 Å². The predicted octanol–water partition coefficient (Wildman–Crippen LogP) is 1.06. The van der Waals surface area contributed by atoms with Crippen LogP contribution in [0.25, 0.3) is 0 Å². The number of carbonyl (C=O) groups is 1. The second-order valence-corrected chi connectivity index (χ2v) is 5.46. The van der Waals surface area contributed by atoms with Gasteiger partial charge in [0.25, 0.3) is 0 Å². The summed E-state index contributed by atoms with van der Waals surface area (Å²) in [5.74, 6) is 0.0168. The lowest BCUT2D eigenvalue weighted by atomic mass is 9.84. The van der Waals surface area contributed by atoms with Gasteiger partial charge in [0.1, 0.15) is 0 Å². The molecule has 1 aliphatic rings. The Balaban J connectivity index is 2.69. The molecule has 1 amide bonds. The Morgan fingerprint density at radius 3 is 2.47 bits per heavy atom. The van der Waals surface area contributed by atoms with Crippen LogP contribution in [0, 0.1) is 5.41 Å². The summed E-state index contributed by atoms with van der Waals surface area (Å²) in [5.41, 5.74) is 5.14. The van der Waals surface area contributed by atoms with Crippen molar-refractivity contribution in [1.29, 1.82) is 0 Å². The zero-order valence-corrected chi connectivity index (χ0v) is 11.4. The predicted molar refractivity (Wildman–Crippen MR) is 71.6 cm³/mol. The molecule has 1 fully saturated rings. The van der Waals surface area contributed by atoms with Crippen molar-refractivity contribution in [3.8, 4) is 0 Å². The summed E-state index contributed by atoms with van der Waals surface area (Å²) in [6, 6.07) is 0. The van der Waals surface area contributed by atoms with E-state index in [1.807, 2.05) is 0 Å². The Kier molecular flexibility index (Phi) is 4.89. The van der Waals surface area contributed by atoms with E-state index in [1.54, 1.807) is 18.9 Å². The number of aliphatic hydroxyl groups is 1. The molecule has 3 N–H and O–H groups in total. The maximum Gasteiger partial charge on any atom is 0.235 e. The summed E-state index contributed by atoms with van der Waals surface area (Å²) >= 11 is 5.08. The fraction of sp³-hybridized carbons (Fsp3) is 0.833. The molecule has 1 unspecified atom stereocenters. The smallest absolute Gasteiger partial charge is 0.235 e. The van der Waals surface area contributed by atoms with Crippen LogP contribution in [-0.4, -0.2) is 40.6 Å². The molecule has 1 rings (SSSR count). The Bertz CT molecular complexity index is 299. The molecule has 17 heavy (non-hydrogen) atoms. The van der Waals surface area contributed by atoms with E-state index in [1.165, 1.54) is 0 Å². The highest BCUT2D eigenvalue weighted by molar-refractivity contribution is 7.80. The topological polar surface area (TPSA) is 66.6 Å². The summed E-state index contributed by atoms with van der Waals surface area (Å²) in [6.07, 6.45) is 3.73. The van der Waals surface area contributed by atoms with Gasteiger partial charge in [-0.2, -0.15) is 0 Å². The normalized spacial score (nSPS) is 19.9. The van der Waals surface area contributed by atoms with Crippen LogP contribution < -0.4 is 5.73 Å². The molecule has 4 nitrogen and oxygen atoms in total. The molecule has 0 aromatic heterocycles. The highest BCUT2D eigenvalue weighted by Crippen LogP contribution is 2.39. The lowest BCUT2D eigenvalue weighted by Gasteiger charge is -2.31. The minimum absolute atomic E-state index is 0.0168. The highest BCUT2D eigenvalue weighted by Gasteiger charge is 2.45. The third-order valence-electron chi connectivity index (χ3n) is 3.57. The summed E-state index contributed by atoms with van der Waals surface area (Å²) in [5, 5.41) is 9.23. The number of thiocarbonyl (C=S) groups is 1. The number of rotatable bonds is 5. The number of hydrogen-bond donors (Lipinski definition) is 2. The Hall–Kier alpha value is -0.680. The Morgan fingerprint density at radius 2 is 2.06 bits per heavy atom. The largest absolute Gasteiger partial charge is 0.393 e. The summed E-state index contributed by atoms with van der Waals surface area (Å²) in [4.78, 5) is 14.4. The van der Waals surface area contributed by atoms with Crippen molar-refractivity contribution in [3.63, 3.8) is 0 Å². The second kappa shape index (κ2) is 5.78. The molecule has 0 bridgehead atoms. The van der Waals surface area contributed by atoms with Gasteiger partial charge >= 0.3 is 0 Å². The van der Waals surface area contributed by atoms with E-state index in [0.29, 0.717) is 18.0 Å². The lowest BCUT2D eigenvalue weighted by molar-refractivity contribution is -0.137.